The number of carbonyl (C=O) groups is 1. The predicted molar refractivity (Wildman–Crippen MR) is 64.0 cm³/mol. The van der Waals surface area contributed by atoms with Gasteiger partial charge in [-0.15, -0.1) is 0 Å². The number of hydrogen-bond donors (Lipinski definition) is 2. The molecule has 0 heterocycles. The molecule has 94 valence electrons. The molecule has 0 spiro atoms. The van der Waals surface area contributed by atoms with E-state index in [0.29, 0.717) is 12.5 Å². The summed E-state index contributed by atoms with van der Waals surface area (Å²) in [5.41, 5.74) is 5.66. The van der Waals surface area contributed by atoms with Crippen molar-refractivity contribution in [1.29, 1.82) is 0 Å². The SMILES string of the molecule is CC(C)(C)OCC(=O)NCC1CCCC1N. The van der Waals surface area contributed by atoms with Gasteiger partial charge in [0, 0.05) is 12.6 Å². The minimum atomic E-state index is -0.263. The average Bonchev–Trinajstić information content (AvgIpc) is 2.57. The quantitative estimate of drug-likeness (QED) is 0.756. The van der Waals surface area contributed by atoms with Crippen LogP contribution in [-0.2, 0) is 9.53 Å². The van der Waals surface area contributed by atoms with Crippen LogP contribution in [0.1, 0.15) is 40.0 Å². The smallest absolute Gasteiger partial charge is 0.246 e. The van der Waals surface area contributed by atoms with E-state index in [2.05, 4.69) is 5.32 Å². The fourth-order valence-corrected chi connectivity index (χ4v) is 1.90. The van der Waals surface area contributed by atoms with Crippen molar-refractivity contribution in [3.63, 3.8) is 0 Å². The molecule has 4 nitrogen and oxygen atoms in total. The molecule has 1 saturated carbocycles. The third-order valence-corrected chi connectivity index (χ3v) is 2.92. The first-order valence-corrected chi connectivity index (χ1v) is 6.05. The van der Waals surface area contributed by atoms with E-state index in [4.69, 9.17) is 10.5 Å². The molecular weight excluding hydrogens is 204 g/mol. The van der Waals surface area contributed by atoms with Gasteiger partial charge < -0.3 is 15.8 Å². The standard InChI is InChI=1S/C12H24N2O2/c1-12(2,3)16-8-11(15)14-7-9-5-4-6-10(9)13/h9-10H,4-8,13H2,1-3H3,(H,14,15). The van der Waals surface area contributed by atoms with E-state index >= 15 is 0 Å². The molecule has 16 heavy (non-hydrogen) atoms. The van der Waals surface area contributed by atoms with Gasteiger partial charge in [0.2, 0.25) is 5.91 Å². The molecule has 0 aliphatic heterocycles. The summed E-state index contributed by atoms with van der Waals surface area (Å²) >= 11 is 0. The summed E-state index contributed by atoms with van der Waals surface area (Å²) in [4.78, 5) is 11.5. The van der Waals surface area contributed by atoms with Gasteiger partial charge in [-0.2, -0.15) is 0 Å². The van der Waals surface area contributed by atoms with Crippen molar-refractivity contribution in [1.82, 2.24) is 5.32 Å². The largest absolute Gasteiger partial charge is 0.366 e. The molecule has 0 bridgehead atoms. The molecule has 0 aromatic heterocycles. The van der Waals surface area contributed by atoms with Crippen LogP contribution >= 0.6 is 0 Å². The molecule has 0 aromatic rings. The Hall–Kier alpha value is -0.610. The van der Waals surface area contributed by atoms with Gasteiger partial charge in [-0.05, 0) is 39.5 Å². The molecule has 4 heteroatoms. The Balaban J connectivity index is 2.15. The maximum absolute atomic E-state index is 11.5. The maximum Gasteiger partial charge on any atom is 0.246 e. The molecule has 1 rings (SSSR count). The number of rotatable bonds is 4. The lowest BCUT2D eigenvalue weighted by Crippen LogP contribution is -2.38. The van der Waals surface area contributed by atoms with Gasteiger partial charge in [0.25, 0.3) is 0 Å². The summed E-state index contributed by atoms with van der Waals surface area (Å²) in [6.07, 6.45) is 3.39. The lowest BCUT2D eigenvalue weighted by atomic mass is 10.1. The Labute approximate surface area is 97.9 Å². The Morgan fingerprint density at radius 3 is 2.62 bits per heavy atom. The summed E-state index contributed by atoms with van der Waals surface area (Å²) in [7, 11) is 0. The van der Waals surface area contributed by atoms with Crippen LogP contribution in [0.3, 0.4) is 0 Å². The third-order valence-electron chi connectivity index (χ3n) is 2.92. The minimum Gasteiger partial charge on any atom is -0.366 e. The van der Waals surface area contributed by atoms with Crippen molar-refractivity contribution in [3.05, 3.63) is 0 Å². The van der Waals surface area contributed by atoms with Crippen molar-refractivity contribution >= 4 is 5.91 Å². The van der Waals surface area contributed by atoms with E-state index in [0.717, 1.165) is 12.8 Å². The van der Waals surface area contributed by atoms with Crippen molar-refractivity contribution in [2.75, 3.05) is 13.2 Å². The highest BCUT2D eigenvalue weighted by molar-refractivity contribution is 5.77. The summed E-state index contributed by atoms with van der Waals surface area (Å²) < 4.78 is 5.39. The van der Waals surface area contributed by atoms with E-state index in [1.54, 1.807) is 0 Å². The van der Waals surface area contributed by atoms with E-state index in [1.807, 2.05) is 20.8 Å². The lowest BCUT2D eigenvalue weighted by molar-refractivity contribution is -0.130. The average molecular weight is 228 g/mol. The Kier molecular flexibility index (Phi) is 4.74. The first kappa shape index (κ1) is 13.5. The zero-order valence-electron chi connectivity index (χ0n) is 10.6. The van der Waals surface area contributed by atoms with E-state index in [1.165, 1.54) is 6.42 Å². The van der Waals surface area contributed by atoms with Crippen molar-refractivity contribution in [3.8, 4) is 0 Å². The van der Waals surface area contributed by atoms with E-state index in [-0.39, 0.29) is 24.2 Å². The second kappa shape index (κ2) is 5.64. The number of carbonyl (C=O) groups excluding carboxylic acids is 1. The number of hydrogen-bond acceptors (Lipinski definition) is 3. The Bertz CT molecular complexity index is 236. The first-order chi connectivity index (χ1) is 7.38. The van der Waals surface area contributed by atoms with E-state index < -0.39 is 0 Å². The van der Waals surface area contributed by atoms with Crippen molar-refractivity contribution < 1.29 is 9.53 Å². The highest BCUT2D eigenvalue weighted by Crippen LogP contribution is 2.22. The van der Waals surface area contributed by atoms with Gasteiger partial charge in [-0.1, -0.05) is 6.42 Å². The second-order valence-corrected chi connectivity index (χ2v) is 5.56. The first-order valence-electron chi connectivity index (χ1n) is 6.05. The number of nitrogens with one attached hydrogen (secondary N) is 1. The second-order valence-electron chi connectivity index (χ2n) is 5.56. The molecule has 1 aliphatic carbocycles. The monoisotopic (exact) mass is 228 g/mol. The molecule has 0 radical (unpaired) electrons. The van der Waals surface area contributed by atoms with Crippen LogP contribution in [0.25, 0.3) is 0 Å². The van der Waals surface area contributed by atoms with Gasteiger partial charge in [-0.25, -0.2) is 0 Å². The highest BCUT2D eigenvalue weighted by atomic mass is 16.5. The number of ether oxygens (including phenoxy) is 1. The van der Waals surface area contributed by atoms with Crippen LogP contribution in [0.15, 0.2) is 0 Å². The van der Waals surface area contributed by atoms with Crippen LogP contribution in [0.4, 0.5) is 0 Å². The molecule has 1 fully saturated rings. The van der Waals surface area contributed by atoms with Gasteiger partial charge in [0.05, 0.1) is 5.60 Å². The fourth-order valence-electron chi connectivity index (χ4n) is 1.90. The fraction of sp³-hybridized carbons (Fsp3) is 0.917. The zero-order valence-corrected chi connectivity index (χ0v) is 10.6. The summed E-state index contributed by atoms with van der Waals surface area (Å²) in [6.45, 7) is 6.63. The van der Waals surface area contributed by atoms with Crippen molar-refractivity contribution in [2.24, 2.45) is 11.7 Å². The van der Waals surface area contributed by atoms with Crippen LogP contribution in [0.5, 0.6) is 0 Å². The van der Waals surface area contributed by atoms with Crippen molar-refractivity contribution in [2.45, 2.75) is 51.7 Å². The summed E-state index contributed by atoms with van der Waals surface area (Å²) in [5, 5.41) is 2.88. The topological polar surface area (TPSA) is 64.3 Å². The van der Waals surface area contributed by atoms with Crippen LogP contribution in [0, 0.1) is 5.92 Å². The molecule has 3 N–H and O–H groups in total. The molecule has 1 aliphatic rings. The normalized spacial score (nSPS) is 25.8. The molecular formula is C12H24N2O2. The third kappa shape index (κ3) is 4.94. The molecule has 0 aromatic carbocycles. The van der Waals surface area contributed by atoms with Gasteiger partial charge >= 0.3 is 0 Å². The molecule has 0 saturated heterocycles. The minimum absolute atomic E-state index is 0.0472. The predicted octanol–water partition coefficient (Wildman–Crippen LogP) is 1.05. The number of amides is 1. The van der Waals surface area contributed by atoms with Crippen LogP contribution in [0.2, 0.25) is 0 Å². The Morgan fingerprint density at radius 2 is 2.12 bits per heavy atom. The highest BCUT2D eigenvalue weighted by Gasteiger charge is 2.24. The van der Waals surface area contributed by atoms with Gasteiger partial charge in [0.1, 0.15) is 6.61 Å². The van der Waals surface area contributed by atoms with Crippen LogP contribution < -0.4 is 11.1 Å². The van der Waals surface area contributed by atoms with Gasteiger partial charge in [0.15, 0.2) is 0 Å². The molecule has 2 unspecified atom stereocenters. The van der Waals surface area contributed by atoms with E-state index in [9.17, 15) is 4.79 Å². The van der Waals surface area contributed by atoms with Gasteiger partial charge in [-0.3, -0.25) is 4.79 Å². The summed E-state index contributed by atoms with van der Waals surface area (Å²) in [5.74, 6) is 0.396. The van der Waals surface area contributed by atoms with Crippen LogP contribution in [-0.4, -0.2) is 30.7 Å². The summed E-state index contributed by atoms with van der Waals surface area (Å²) in [6, 6.07) is 0.254. The number of nitrogens with two attached hydrogens (primary N) is 1. The zero-order chi connectivity index (χ0) is 12.2. The Morgan fingerprint density at radius 1 is 1.44 bits per heavy atom. The molecule has 2 atom stereocenters. The maximum atomic E-state index is 11.5. The lowest BCUT2D eigenvalue weighted by Gasteiger charge is -2.20. The molecule has 1 amide bonds.